The maximum Gasteiger partial charge on any atom is 0.336 e. The topological polar surface area (TPSA) is 66.2 Å². The molecule has 2 saturated heterocycles. The molecule has 2 unspecified atom stereocenters. The molecular formula is C31H37N3O4. The summed E-state index contributed by atoms with van der Waals surface area (Å²) in [7, 11) is 2.20. The number of aryl methyl sites for hydroxylation is 2. The Balaban J connectivity index is 1.36. The molecule has 7 heteroatoms. The van der Waals surface area contributed by atoms with Crippen molar-refractivity contribution in [2.75, 3.05) is 44.7 Å². The van der Waals surface area contributed by atoms with Gasteiger partial charge in [-0.05, 0) is 68.5 Å². The predicted octanol–water partition coefficient (Wildman–Crippen LogP) is 4.50. The average Bonchev–Trinajstić information content (AvgIpc) is 3.15. The highest BCUT2D eigenvalue weighted by atomic mass is 16.5. The quantitative estimate of drug-likeness (QED) is 0.432. The third-order valence-corrected chi connectivity index (χ3v) is 8.47. The lowest BCUT2D eigenvalue weighted by atomic mass is 9.98. The first-order valence-electron chi connectivity index (χ1n) is 14.1. The van der Waals surface area contributed by atoms with E-state index in [0.717, 1.165) is 67.5 Å². The molecule has 2 fully saturated rings. The summed E-state index contributed by atoms with van der Waals surface area (Å²) in [6, 6.07) is 14.6. The second-order valence-electron chi connectivity index (χ2n) is 11.0. The molecule has 1 aromatic heterocycles. The maximum atomic E-state index is 14.3. The van der Waals surface area contributed by atoms with Crippen LogP contribution >= 0.6 is 0 Å². The van der Waals surface area contributed by atoms with E-state index in [9.17, 15) is 9.59 Å². The van der Waals surface area contributed by atoms with Gasteiger partial charge in [0.25, 0.3) is 5.91 Å². The van der Waals surface area contributed by atoms with E-state index in [-0.39, 0.29) is 5.91 Å². The minimum Gasteiger partial charge on any atom is -0.491 e. The largest absolute Gasteiger partial charge is 0.491 e. The van der Waals surface area contributed by atoms with Crippen molar-refractivity contribution in [1.82, 2.24) is 9.80 Å². The van der Waals surface area contributed by atoms with Crippen molar-refractivity contribution in [3.63, 3.8) is 0 Å². The molecule has 2 aromatic carbocycles. The SMILES string of the molecule is CCCc1cc(=O)oc2c(C(=O)N3CCCc4ccccc43)c(OCCN3C4CCC3CN(C)C4)ccc12. The Morgan fingerprint density at radius 1 is 1.11 bits per heavy atom. The molecular weight excluding hydrogens is 478 g/mol. The summed E-state index contributed by atoms with van der Waals surface area (Å²) in [6.45, 7) is 6.19. The molecule has 0 N–H and O–H groups in total. The molecule has 7 nitrogen and oxygen atoms in total. The molecule has 0 aliphatic carbocycles. The van der Waals surface area contributed by atoms with E-state index in [1.165, 1.54) is 12.8 Å². The van der Waals surface area contributed by atoms with Crippen molar-refractivity contribution >= 4 is 22.6 Å². The van der Waals surface area contributed by atoms with Crippen molar-refractivity contribution in [2.24, 2.45) is 0 Å². The van der Waals surface area contributed by atoms with Gasteiger partial charge in [0.2, 0.25) is 0 Å². The smallest absolute Gasteiger partial charge is 0.336 e. The van der Waals surface area contributed by atoms with E-state index in [1.807, 2.05) is 35.2 Å². The van der Waals surface area contributed by atoms with Gasteiger partial charge in [-0.15, -0.1) is 0 Å². The summed E-state index contributed by atoms with van der Waals surface area (Å²) < 4.78 is 12.1. The van der Waals surface area contributed by atoms with E-state index in [4.69, 9.17) is 9.15 Å². The minimum atomic E-state index is -0.430. The van der Waals surface area contributed by atoms with Crippen LogP contribution < -0.4 is 15.3 Å². The lowest BCUT2D eigenvalue weighted by Gasteiger charge is -2.39. The van der Waals surface area contributed by atoms with Crippen LogP contribution in [0.25, 0.3) is 11.0 Å². The van der Waals surface area contributed by atoms with Gasteiger partial charge in [0.1, 0.15) is 17.9 Å². The van der Waals surface area contributed by atoms with Gasteiger partial charge < -0.3 is 19.0 Å². The maximum absolute atomic E-state index is 14.3. The van der Waals surface area contributed by atoms with E-state index in [1.54, 1.807) is 6.07 Å². The zero-order valence-corrected chi connectivity index (χ0v) is 22.4. The van der Waals surface area contributed by atoms with Crippen molar-refractivity contribution in [3.8, 4) is 5.75 Å². The van der Waals surface area contributed by atoms with Crippen LogP contribution in [-0.2, 0) is 12.8 Å². The predicted molar refractivity (Wildman–Crippen MR) is 149 cm³/mol. The number of para-hydroxylation sites is 1. The van der Waals surface area contributed by atoms with Gasteiger partial charge in [-0.2, -0.15) is 0 Å². The van der Waals surface area contributed by atoms with Crippen LogP contribution in [0.15, 0.2) is 51.7 Å². The number of fused-ring (bicyclic) bond motifs is 4. The number of likely N-dealkylation sites (N-methyl/N-ethyl adjacent to an activating group) is 1. The van der Waals surface area contributed by atoms with Crippen LogP contribution in [0.1, 0.15) is 54.1 Å². The Kier molecular flexibility index (Phi) is 6.97. The zero-order valence-electron chi connectivity index (χ0n) is 22.4. The first kappa shape index (κ1) is 25.1. The number of nitrogens with zero attached hydrogens (tertiary/aromatic N) is 3. The first-order valence-corrected chi connectivity index (χ1v) is 14.1. The van der Waals surface area contributed by atoms with Gasteiger partial charge in [0.15, 0.2) is 5.58 Å². The van der Waals surface area contributed by atoms with E-state index in [2.05, 4.69) is 29.8 Å². The Hall–Kier alpha value is -3.16. The van der Waals surface area contributed by atoms with Gasteiger partial charge in [-0.1, -0.05) is 31.5 Å². The number of anilines is 1. The van der Waals surface area contributed by atoms with Crippen LogP contribution in [0.2, 0.25) is 0 Å². The molecule has 38 heavy (non-hydrogen) atoms. The molecule has 200 valence electrons. The number of carbonyl (C=O) groups is 1. The lowest BCUT2D eigenvalue weighted by molar-refractivity contribution is 0.0692. The third-order valence-electron chi connectivity index (χ3n) is 8.47. The number of ether oxygens (including phenoxy) is 1. The van der Waals surface area contributed by atoms with Gasteiger partial charge >= 0.3 is 5.63 Å². The molecule has 0 spiro atoms. The Bertz CT molecular complexity index is 1390. The normalized spacial score (nSPS) is 21.6. The highest BCUT2D eigenvalue weighted by molar-refractivity contribution is 6.15. The fourth-order valence-corrected chi connectivity index (χ4v) is 6.78. The fourth-order valence-electron chi connectivity index (χ4n) is 6.78. The molecule has 0 saturated carbocycles. The van der Waals surface area contributed by atoms with E-state index >= 15 is 0 Å². The number of hydrogen-bond acceptors (Lipinski definition) is 6. The highest BCUT2D eigenvalue weighted by Gasteiger charge is 2.38. The highest BCUT2D eigenvalue weighted by Crippen LogP contribution is 2.35. The number of carbonyl (C=O) groups excluding carboxylic acids is 1. The Morgan fingerprint density at radius 2 is 1.89 bits per heavy atom. The minimum absolute atomic E-state index is 0.172. The van der Waals surface area contributed by atoms with Crippen molar-refractivity contribution in [3.05, 3.63) is 69.6 Å². The summed E-state index contributed by atoms with van der Waals surface area (Å²) in [5.41, 5.74) is 3.26. The first-order chi connectivity index (χ1) is 18.5. The van der Waals surface area contributed by atoms with Gasteiger partial charge in [-0.3, -0.25) is 9.69 Å². The molecule has 2 atom stereocenters. The van der Waals surface area contributed by atoms with Crippen molar-refractivity contribution < 1.29 is 13.9 Å². The summed E-state index contributed by atoms with van der Waals surface area (Å²) in [5, 5.41) is 0.810. The Labute approximate surface area is 224 Å². The van der Waals surface area contributed by atoms with Gasteiger partial charge in [-0.25, -0.2) is 4.79 Å². The molecule has 3 aromatic rings. The molecule has 3 aliphatic rings. The average molecular weight is 516 g/mol. The van der Waals surface area contributed by atoms with Crippen LogP contribution in [0, 0.1) is 0 Å². The number of benzene rings is 2. The number of likely N-dealkylation sites (tertiary alicyclic amines) is 1. The van der Waals surface area contributed by atoms with Crippen molar-refractivity contribution in [2.45, 2.75) is 57.5 Å². The van der Waals surface area contributed by atoms with Gasteiger partial charge in [0, 0.05) is 55.4 Å². The number of hydrogen-bond donors (Lipinski definition) is 0. The second-order valence-corrected chi connectivity index (χ2v) is 11.0. The zero-order chi connectivity index (χ0) is 26.2. The van der Waals surface area contributed by atoms with Crippen LogP contribution in [0.4, 0.5) is 5.69 Å². The summed E-state index contributed by atoms with van der Waals surface area (Å²) in [6.07, 6.45) is 5.94. The number of piperazine rings is 1. The molecule has 3 aliphatic heterocycles. The summed E-state index contributed by atoms with van der Waals surface area (Å²) in [5.74, 6) is 0.318. The number of amides is 1. The molecule has 1 amide bonds. The third kappa shape index (κ3) is 4.63. The monoisotopic (exact) mass is 515 g/mol. The standard InChI is InChI=1S/C31H37N3O4/c1-3-7-22-18-28(35)38-30-25(22)13-14-27(37-17-16-33-23-11-12-24(33)20-32(2)19-23)29(30)31(36)34-15-6-9-21-8-4-5-10-26(21)34/h4-5,8,10,13-14,18,23-24H,3,6-7,9,11-12,15-17,19-20H2,1-2H3. The fraction of sp³-hybridized carbons (Fsp3) is 0.484. The van der Waals surface area contributed by atoms with Crippen LogP contribution in [-0.4, -0.2) is 67.6 Å². The van der Waals surface area contributed by atoms with E-state index < -0.39 is 5.63 Å². The summed E-state index contributed by atoms with van der Waals surface area (Å²) >= 11 is 0. The molecule has 0 radical (unpaired) electrons. The van der Waals surface area contributed by atoms with E-state index in [0.29, 0.717) is 42.1 Å². The lowest BCUT2D eigenvalue weighted by Crippen LogP contribution is -2.53. The second kappa shape index (κ2) is 10.5. The molecule has 4 heterocycles. The van der Waals surface area contributed by atoms with Gasteiger partial charge in [0.05, 0.1) is 0 Å². The van der Waals surface area contributed by atoms with Crippen molar-refractivity contribution in [1.29, 1.82) is 0 Å². The molecule has 6 rings (SSSR count). The van der Waals surface area contributed by atoms with Crippen LogP contribution in [0.5, 0.6) is 5.75 Å². The number of rotatable bonds is 7. The molecule has 2 bridgehead atoms. The van der Waals surface area contributed by atoms with Crippen LogP contribution in [0.3, 0.4) is 0 Å². The Morgan fingerprint density at radius 3 is 2.68 bits per heavy atom. The summed E-state index contributed by atoms with van der Waals surface area (Å²) in [4.78, 5) is 33.7.